The van der Waals surface area contributed by atoms with E-state index in [2.05, 4.69) is 10.6 Å². The summed E-state index contributed by atoms with van der Waals surface area (Å²) in [6.45, 7) is 0.764. The minimum absolute atomic E-state index is 0.0550. The summed E-state index contributed by atoms with van der Waals surface area (Å²) in [5, 5.41) is 6.64. The van der Waals surface area contributed by atoms with Crippen LogP contribution in [0.3, 0.4) is 0 Å². The van der Waals surface area contributed by atoms with Gasteiger partial charge in [-0.3, -0.25) is 4.79 Å². The first-order valence-electron chi connectivity index (χ1n) is 6.08. The molecule has 1 aromatic rings. The molecule has 0 aromatic heterocycles. The van der Waals surface area contributed by atoms with Gasteiger partial charge in [-0.2, -0.15) is 0 Å². The lowest BCUT2D eigenvalue weighted by molar-refractivity contribution is -0.121. The first kappa shape index (κ1) is 13.0. The van der Waals surface area contributed by atoms with Gasteiger partial charge in [-0.15, -0.1) is 0 Å². The van der Waals surface area contributed by atoms with Crippen molar-refractivity contribution in [1.82, 2.24) is 5.32 Å². The Morgan fingerprint density at radius 1 is 1.44 bits per heavy atom. The smallest absolute Gasteiger partial charge is 0.242 e. The second-order valence-electron chi connectivity index (χ2n) is 4.33. The number of halogens is 1. The average Bonchev–Trinajstić information content (AvgIpc) is 2.55. The summed E-state index contributed by atoms with van der Waals surface area (Å²) in [5.74, 6) is 0.687. The van der Waals surface area contributed by atoms with Gasteiger partial charge in [-0.1, -0.05) is 11.6 Å². The zero-order valence-corrected chi connectivity index (χ0v) is 11.1. The van der Waals surface area contributed by atoms with Crippen LogP contribution in [0.15, 0.2) is 18.2 Å². The number of carbonyl (C=O) groups excluding carboxylic acids is 1. The number of carbonyl (C=O) groups is 1. The summed E-state index contributed by atoms with van der Waals surface area (Å²) < 4.78 is 5.09. The Labute approximate surface area is 112 Å². The van der Waals surface area contributed by atoms with Crippen LogP contribution in [0.1, 0.15) is 19.3 Å². The number of methoxy groups -OCH3 is 1. The zero-order valence-electron chi connectivity index (χ0n) is 10.3. The molecule has 1 unspecified atom stereocenters. The Hall–Kier alpha value is -1.42. The maximum absolute atomic E-state index is 11.8. The molecule has 1 atom stereocenters. The predicted octanol–water partition coefficient (Wildman–Crippen LogP) is 2.43. The molecular weight excluding hydrogens is 252 g/mol. The maximum Gasteiger partial charge on any atom is 0.242 e. The minimum Gasteiger partial charge on any atom is -0.495 e. The highest BCUT2D eigenvalue weighted by atomic mass is 35.5. The van der Waals surface area contributed by atoms with Crippen LogP contribution in [0.5, 0.6) is 5.75 Å². The SMILES string of the molecule is COc1ccc(NC2CCCCNC2=O)cc1Cl. The third-order valence-corrected chi connectivity index (χ3v) is 3.32. The fraction of sp³-hybridized carbons (Fsp3) is 0.462. The number of hydrogen-bond donors (Lipinski definition) is 2. The number of anilines is 1. The van der Waals surface area contributed by atoms with Gasteiger partial charge >= 0.3 is 0 Å². The van der Waals surface area contributed by atoms with Crippen molar-refractivity contribution in [3.63, 3.8) is 0 Å². The van der Waals surface area contributed by atoms with Crippen molar-refractivity contribution in [3.8, 4) is 5.75 Å². The summed E-state index contributed by atoms with van der Waals surface area (Å²) in [6.07, 6.45) is 2.92. The molecular formula is C13H17ClN2O2. The molecule has 1 aliphatic heterocycles. The van der Waals surface area contributed by atoms with E-state index >= 15 is 0 Å². The highest BCUT2D eigenvalue weighted by molar-refractivity contribution is 6.32. The fourth-order valence-corrected chi connectivity index (χ4v) is 2.29. The summed E-state index contributed by atoms with van der Waals surface area (Å²) >= 11 is 6.05. The summed E-state index contributed by atoms with van der Waals surface area (Å²) in [4.78, 5) is 11.8. The Balaban J connectivity index is 2.08. The van der Waals surface area contributed by atoms with Crippen LogP contribution in [0.2, 0.25) is 5.02 Å². The maximum atomic E-state index is 11.8. The molecule has 1 fully saturated rings. The Bertz CT molecular complexity index is 437. The molecule has 0 radical (unpaired) electrons. The summed E-state index contributed by atoms with van der Waals surface area (Å²) in [5.41, 5.74) is 0.836. The van der Waals surface area contributed by atoms with Crippen molar-refractivity contribution in [2.45, 2.75) is 25.3 Å². The van der Waals surface area contributed by atoms with Gasteiger partial charge in [0.05, 0.1) is 12.1 Å². The lowest BCUT2D eigenvalue weighted by atomic mass is 10.1. The van der Waals surface area contributed by atoms with E-state index in [1.54, 1.807) is 19.2 Å². The number of amides is 1. The molecule has 4 nitrogen and oxygen atoms in total. The van der Waals surface area contributed by atoms with Crippen LogP contribution < -0.4 is 15.4 Å². The standard InChI is InChI=1S/C13H17ClN2O2/c1-18-12-6-5-9(8-10(12)14)16-11-4-2-3-7-15-13(11)17/h5-6,8,11,16H,2-4,7H2,1H3,(H,15,17). The molecule has 0 aliphatic carbocycles. The second kappa shape index (κ2) is 5.96. The topological polar surface area (TPSA) is 50.4 Å². The number of benzene rings is 1. The highest BCUT2D eigenvalue weighted by Crippen LogP contribution is 2.27. The Kier molecular flexibility index (Phi) is 4.31. The second-order valence-corrected chi connectivity index (χ2v) is 4.74. The van der Waals surface area contributed by atoms with E-state index < -0.39 is 0 Å². The van der Waals surface area contributed by atoms with Crippen molar-refractivity contribution in [2.24, 2.45) is 0 Å². The fourth-order valence-electron chi connectivity index (χ4n) is 2.03. The van der Waals surface area contributed by atoms with Crippen molar-refractivity contribution in [2.75, 3.05) is 19.0 Å². The Morgan fingerprint density at radius 3 is 3.00 bits per heavy atom. The first-order chi connectivity index (χ1) is 8.70. The molecule has 5 heteroatoms. The molecule has 1 saturated heterocycles. The average molecular weight is 269 g/mol. The number of ether oxygens (including phenoxy) is 1. The predicted molar refractivity (Wildman–Crippen MR) is 72.3 cm³/mol. The van der Waals surface area contributed by atoms with E-state index in [9.17, 15) is 4.79 Å². The van der Waals surface area contributed by atoms with Gasteiger partial charge in [0.15, 0.2) is 0 Å². The molecule has 1 aromatic carbocycles. The monoisotopic (exact) mass is 268 g/mol. The third kappa shape index (κ3) is 3.07. The highest BCUT2D eigenvalue weighted by Gasteiger charge is 2.20. The van der Waals surface area contributed by atoms with Crippen molar-refractivity contribution < 1.29 is 9.53 Å². The van der Waals surface area contributed by atoms with Gasteiger partial charge in [-0.25, -0.2) is 0 Å². The molecule has 0 spiro atoms. The van der Waals surface area contributed by atoms with E-state index in [0.29, 0.717) is 10.8 Å². The molecule has 0 bridgehead atoms. The Morgan fingerprint density at radius 2 is 2.28 bits per heavy atom. The van der Waals surface area contributed by atoms with Gasteiger partial charge in [0.1, 0.15) is 11.8 Å². The van der Waals surface area contributed by atoms with Crippen LogP contribution in [-0.4, -0.2) is 25.6 Å². The lowest BCUT2D eigenvalue weighted by Gasteiger charge is -2.17. The van der Waals surface area contributed by atoms with Crippen molar-refractivity contribution in [1.29, 1.82) is 0 Å². The van der Waals surface area contributed by atoms with Crippen LogP contribution in [-0.2, 0) is 4.79 Å². The molecule has 1 aliphatic rings. The summed E-state index contributed by atoms with van der Waals surface area (Å²) in [6, 6.07) is 5.25. The number of nitrogens with one attached hydrogen (secondary N) is 2. The lowest BCUT2D eigenvalue weighted by Crippen LogP contribution is -2.37. The van der Waals surface area contributed by atoms with Gasteiger partial charge in [-0.05, 0) is 37.5 Å². The molecule has 18 heavy (non-hydrogen) atoms. The molecule has 1 amide bonds. The van der Waals surface area contributed by atoms with Gasteiger partial charge in [0, 0.05) is 12.2 Å². The van der Waals surface area contributed by atoms with Gasteiger partial charge < -0.3 is 15.4 Å². The molecule has 2 N–H and O–H groups in total. The molecule has 0 saturated carbocycles. The van der Waals surface area contributed by atoms with Crippen molar-refractivity contribution >= 4 is 23.2 Å². The van der Waals surface area contributed by atoms with Crippen LogP contribution >= 0.6 is 11.6 Å². The van der Waals surface area contributed by atoms with E-state index in [-0.39, 0.29) is 11.9 Å². The van der Waals surface area contributed by atoms with E-state index in [0.717, 1.165) is 31.5 Å². The van der Waals surface area contributed by atoms with E-state index in [1.165, 1.54) is 0 Å². The van der Waals surface area contributed by atoms with E-state index in [4.69, 9.17) is 16.3 Å². The van der Waals surface area contributed by atoms with Gasteiger partial charge in [0.25, 0.3) is 0 Å². The molecule has 1 heterocycles. The number of rotatable bonds is 3. The van der Waals surface area contributed by atoms with Crippen LogP contribution in [0, 0.1) is 0 Å². The van der Waals surface area contributed by atoms with Crippen molar-refractivity contribution in [3.05, 3.63) is 23.2 Å². The summed E-state index contributed by atoms with van der Waals surface area (Å²) in [7, 11) is 1.58. The normalized spacial score (nSPS) is 19.9. The number of hydrogen-bond acceptors (Lipinski definition) is 3. The van der Waals surface area contributed by atoms with Gasteiger partial charge in [0.2, 0.25) is 5.91 Å². The molecule has 2 rings (SSSR count). The van der Waals surface area contributed by atoms with Crippen LogP contribution in [0.4, 0.5) is 5.69 Å². The minimum atomic E-state index is -0.183. The molecule has 98 valence electrons. The van der Waals surface area contributed by atoms with E-state index in [1.807, 2.05) is 6.07 Å². The quantitative estimate of drug-likeness (QED) is 0.885. The first-order valence-corrected chi connectivity index (χ1v) is 6.46. The third-order valence-electron chi connectivity index (χ3n) is 3.03. The zero-order chi connectivity index (χ0) is 13.0. The van der Waals surface area contributed by atoms with Crippen LogP contribution in [0.25, 0.3) is 0 Å². The largest absolute Gasteiger partial charge is 0.495 e.